The second-order valence-corrected chi connectivity index (χ2v) is 11.9. The molecule has 0 bridgehead atoms. The lowest BCUT2D eigenvalue weighted by Gasteiger charge is -2.64. The fourth-order valence-electron chi connectivity index (χ4n) is 8.90. The van der Waals surface area contributed by atoms with Crippen LogP contribution in [0.25, 0.3) is 0 Å². The normalized spacial score (nSPS) is 45.2. The Morgan fingerprint density at radius 2 is 1.35 bits per heavy atom. The Morgan fingerprint density at radius 3 is 1.94 bits per heavy atom. The van der Waals surface area contributed by atoms with Crippen LogP contribution >= 0.6 is 0 Å². The van der Waals surface area contributed by atoms with Crippen LogP contribution in [0.1, 0.15) is 86.5 Å². The molecule has 4 rings (SSSR count). The number of rotatable bonds is 4. The third kappa shape index (κ3) is 4.17. The molecule has 190 valence electrons. The highest BCUT2D eigenvalue weighted by Crippen LogP contribution is 2.68. The summed E-state index contributed by atoms with van der Waals surface area (Å²) in [5.41, 5.74) is -0.419. The average molecular weight is 477 g/mol. The molecule has 4 aliphatic rings. The highest BCUT2D eigenvalue weighted by molar-refractivity contribution is 5.79. The second-order valence-electron chi connectivity index (χ2n) is 11.9. The molecule has 7 heteroatoms. The first-order chi connectivity index (χ1) is 15.9. The Labute approximate surface area is 202 Å². The van der Waals surface area contributed by atoms with Gasteiger partial charge in [-0.15, -0.1) is 0 Å². The summed E-state index contributed by atoms with van der Waals surface area (Å²) in [6.45, 7) is 10.5. The number of ketones is 1. The van der Waals surface area contributed by atoms with Crippen molar-refractivity contribution in [1.29, 1.82) is 0 Å². The van der Waals surface area contributed by atoms with E-state index in [1.165, 1.54) is 20.8 Å². The van der Waals surface area contributed by atoms with E-state index in [2.05, 4.69) is 13.8 Å². The smallest absolute Gasteiger partial charge is 0.302 e. The van der Waals surface area contributed by atoms with Crippen molar-refractivity contribution in [1.82, 2.24) is 0 Å². The number of carbonyl (C=O) groups is 4. The Kier molecular flexibility index (Phi) is 6.62. The van der Waals surface area contributed by atoms with Crippen molar-refractivity contribution in [2.24, 2.45) is 40.4 Å². The first kappa shape index (κ1) is 25.2. The summed E-state index contributed by atoms with van der Waals surface area (Å²) >= 11 is 0. The monoisotopic (exact) mass is 476 g/mol. The van der Waals surface area contributed by atoms with Crippen molar-refractivity contribution in [3.8, 4) is 0 Å². The van der Waals surface area contributed by atoms with E-state index in [0.29, 0.717) is 12.8 Å². The lowest BCUT2D eigenvalue weighted by molar-refractivity contribution is -0.229. The molecule has 7 nitrogen and oxygen atoms in total. The summed E-state index contributed by atoms with van der Waals surface area (Å²) in [4.78, 5) is 48.7. The lowest BCUT2D eigenvalue weighted by Crippen LogP contribution is -2.64. The molecule has 4 fully saturated rings. The molecular weight excluding hydrogens is 436 g/mol. The summed E-state index contributed by atoms with van der Waals surface area (Å²) in [6.07, 6.45) is 4.70. The zero-order valence-corrected chi connectivity index (χ0v) is 21.4. The summed E-state index contributed by atoms with van der Waals surface area (Å²) in [6, 6.07) is 0. The van der Waals surface area contributed by atoms with Crippen molar-refractivity contribution in [2.45, 2.75) is 105 Å². The molecule has 0 aromatic carbocycles. The van der Waals surface area contributed by atoms with Crippen LogP contribution in [-0.2, 0) is 33.4 Å². The molecule has 0 N–H and O–H groups in total. The average Bonchev–Trinajstić information content (AvgIpc) is 3.04. The number of carbonyl (C=O) groups excluding carboxylic acids is 4. The van der Waals surface area contributed by atoms with Crippen LogP contribution in [0.5, 0.6) is 0 Å². The van der Waals surface area contributed by atoms with Crippen LogP contribution in [0.15, 0.2) is 0 Å². The van der Waals surface area contributed by atoms with Crippen LogP contribution < -0.4 is 0 Å². The molecule has 0 aromatic rings. The molecule has 0 heterocycles. The van der Waals surface area contributed by atoms with Crippen molar-refractivity contribution in [3.63, 3.8) is 0 Å². The zero-order chi connectivity index (χ0) is 25.0. The molecule has 0 saturated heterocycles. The molecule has 34 heavy (non-hydrogen) atoms. The van der Waals surface area contributed by atoms with E-state index in [4.69, 9.17) is 14.2 Å². The minimum Gasteiger partial charge on any atom is -0.463 e. The molecule has 0 aromatic heterocycles. The predicted octanol–water partition coefficient (Wildman–Crippen LogP) is 4.25. The molecule has 10 atom stereocenters. The summed E-state index contributed by atoms with van der Waals surface area (Å²) in [5, 5.41) is 0. The van der Waals surface area contributed by atoms with Gasteiger partial charge >= 0.3 is 17.9 Å². The van der Waals surface area contributed by atoms with Gasteiger partial charge in [-0.1, -0.05) is 13.8 Å². The van der Waals surface area contributed by atoms with Gasteiger partial charge in [0.15, 0.2) is 0 Å². The summed E-state index contributed by atoms with van der Waals surface area (Å²) in [5.74, 6) is -0.301. The Hall–Kier alpha value is -1.92. The molecule has 1 unspecified atom stereocenters. The maximum Gasteiger partial charge on any atom is 0.302 e. The van der Waals surface area contributed by atoms with Gasteiger partial charge in [0.25, 0.3) is 0 Å². The third-order valence-electron chi connectivity index (χ3n) is 9.98. The van der Waals surface area contributed by atoms with E-state index >= 15 is 0 Å². The van der Waals surface area contributed by atoms with Crippen LogP contribution in [0, 0.1) is 40.4 Å². The number of ether oxygens (including phenoxy) is 3. The lowest BCUT2D eigenvalue weighted by atomic mass is 9.43. The number of hydrogen-bond donors (Lipinski definition) is 0. The molecule has 0 amide bonds. The van der Waals surface area contributed by atoms with Crippen LogP contribution in [-0.4, -0.2) is 42.0 Å². The van der Waals surface area contributed by atoms with E-state index in [1.807, 2.05) is 0 Å². The minimum absolute atomic E-state index is 0.0292. The van der Waals surface area contributed by atoms with Crippen LogP contribution in [0.3, 0.4) is 0 Å². The Bertz CT molecular complexity index is 867. The highest BCUT2D eigenvalue weighted by atomic mass is 16.6. The zero-order valence-electron chi connectivity index (χ0n) is 21.4. The maximum atomic E-state index is 12.6. The molecular formula is C27H40O7. The van der Waals surface area contributed by atoms with Gasteiger partial charge in [0, 0.05) is 38.5 Å². The fraction of sp³-hybridized carbons (Fsp3) is 0.852. The topological polar surface area (TPSA) is 96.0 Å². The summed E-state index contributed by atoms with van der Waals surface area (Å²) < 4.78 is 17.6. The molecule has 4 saturated carbocycles. The third-order valence-corrected chi connectivity index (χ3v) is 9.98. The molecule has 0 spiro atoms. The largest absolute Gasteiger partial charge is 0.463 e. The number of Topliss-reactive ketones (excluding diaryl/α,β-unsaturated/α-hetero) is 1. The SMILES string of the molecule is CC(=O)O[C@H]1CC[C@@]2(C)C(C1)C[C@@H](OC(C)=O)[C@@H]1[C@@H]2[C@H](OC(C)=O)C[C@]2(C)[C@@H](C(C)=O)CC[C@@H]12. The van der Waals surface area contributed by atoms with Crippen molar-refractivity contribution in [3.05, 3.63) is 0 Å². The van der Waals surface area contributed by atoms with Crippen LogP contribution in [0.4, 0.5) is 0 Å². The Morgan fingerprint density at radius 1 is 0.735 bits per heavy atom. The van der Waals surface area contributed by atoms with Crippen molar-refractivity contribution >= 4 is 23.7 Å². The molecule has 0 radical (unpaired) electrons. The number of fused-ring (bicyclic) bond motifs is 5. The Balaban J connectivity index is 1.77. The first-order valence-electron chi connectivity index (χ1n) is 12.9. The minimum atomic E-state index is -0.333. The standard InChI is InChI=1S/C27H40O7/c1-14(28)20-7-8-21-24-22(33-16(3)30)12-18-11-19(32-15(2)29)9-10-26(18,5)25(24)23(34-17(4)31)13-27(20,21)6/h18-25H,7-13H2,1-6H3/t18?,19-,20+,21-,22+,23+,24+,25-,26-,27+/m0/s1. The molecule has 0 aliphatic heterocycles. The van der Waals surface area contributed by atoms with Gasteiger partial charge in [0.05, 0.1) is 0 Å². The van der Waals surface area contributed by atoms with E-state index in [0.717, 1.165) is 32.1 Å². The van der Waals surface area contributed by atoms with Gasteiger partial charge in [-0.3, -0.25) is 19.2 Å². The van der Waals surface area contributed by atoms with E-state index in [9.17, 15) is 19.2 Å². The van der Waals surface area contributed by atoms with Gasteiger partial charge in [-0.2, -0.15) is 0 Å². The fourth-order valence-corrected chi connectivity index (χ4v) is 8.90. The van der Waals surface area contributed by atoms with E-state index < -0.39 is 0 Å². The molecule has 4 aliphatic carbocycles. The quantitative estimate of drug-likeness (QED) is 0.442. The van der Waals surface area contributed by atoms with Gasteiger partial charge < -0.3 is 14.2 Å². The highest BCUT2D eigenvalue weighted by Gasteiger charge is 2.67. The van der Waals surface area contributed by atoms with Crippen molar-refractivity contribution < 1.29 is 33.4 Å². The number of hydrogen-bond acceptors (Lipinski definition) is 7. The first-order valence-corrected chi connectivity index (χ1v) is 12.9. The summed E-state index contributed by atoms with van der Waals surface area (Å²) in [7, 11) is 0. The van der Waals surface area contributed by atoms with E-state index in [1.54, 1.807) is 6.92 Å². The predicted molar refractivity (Wildman–Crippen MR) is 123 cm³/mol. The van der Waals surface area contributed by atoms with Gasteiger partial charge in [-0.25, -0.2) is 0 Å². The maximum absolute atomic E-state index is 12.6. The van der Waals surface area contributed by atoms with Crippen LogP contribution in [0.2, 0.25) is 0 Å². The number of esters is 3. The van der Waals surface area contributed by atoms with E-state index in [-0.39, 0.29) is 82.4 Å². The van der Waals surface area contributed by atoms with Crippen molar-refractivity contribution in [2.75, 3.05) is 0 Å². The van der Waals surface area contributed by atoms with Gasteiger partial charge in [0.1, 0.15) is 24.1 Å². The van der Waals surface area contributed by atoms with Gasteiger partial charge in [0.2, 0.25) is 0 Å². The van der Waals surface area contributed by atoms with Gasteiger partial charge in [-0.05, 0) is 74.5 Å². The second kappa shape index (κ2) is 8.94.